The van der Waals surface area contributed by atoms with E-state index < -0.39 is 0 Å². The first-order chi connectivity index (χ1) is 8.59. The second-order valence-corrected chi connectivity index (χ2v) is 5.38. The largest absolute Gasteiger partial charge is 0.377 e. The van der Waals surface area contributed by atoms with Crippen LogP contribution in [0.2, 0.25) is 0 Å². The molecule has 0 spiro atoms. The van der Waals surface area contributed by atoms with Crippen molar-refractivity contribution in [1.29, 1.82) is 0 Å². The molecule has 0 aromatic carbocycles. The van der Waals surface area contributed by atoms with Gasteiger partial charge in [0.15, 0.2) is 0 Å². The minimum atomic E-state index is 0.388. The molecule has 1 aromatic heterocycles. The predicted molar refractivity (Wildman–Crippen MR) is 73.0 cm³/mol. The summed E-state index contributed by atoms with van der Waals surface area (Å²) in [5, 5.41) is 8.10. The molecule has 1 N–H and O–H groups in total. The van der Waals surface area contributed by atoms with E-state index in [2.05, 4.69) is 42.8 Å². The minimum Gasteiger partial charge on any atom is -0.377 e. The van der Waals surface area contributed by atoms with Crippen molar-refractivity contribution in [3.05, 3.63) is 17.0 Å². The Morgan fingerprint density at radius 1 is 1.44 bits per heavy atom. The van der Waals surface area contributed by atoms with Crippen molar-refractivity contribution in [3.8, 4) is 0 Å². The van der Waals surface area contributed by atoms with Gasteiger partial charge in [-0.3, -0.25) is 4.68 Å². The summed E-state index contributed by atoms with van der Waals surface area (Å²) in [7, 11) is 0. The lowest BCUT2D eigenvalue weighted by molar-refractivity contribution is 0.109. The molecule has 1 aliphatic heterocycles. The molecule has 1 saturated heterocycles. The topological polar surface area (TPSA) is 39.1 Å². The highest BCUT2D eigenvalue weighted by Gasteiger charge is 2.16. The molecule has 2 unspecified atom stereocenters. The smallest absolute Gasteiger partial charge is 0.0700 e. The van der Waals surface area contributed by atoms with E-state index >= 15 is 0 Å². The average Bonchev–Trinajstić information content (AvgIpc) is 2.94. The monoisotopic (exact) mass is 251 g/mol. The van der Waals surface area contributed by atoms with Crippen LogP contribution >= 0.6 is 0 Å². The number of aryl methyl sites for hydroxylation is 1. The van der Waals surface area contributed by atoms with Gasteiger partial charge < -0.3 is 10.1 Å². The standard InChI is InChI=1S/C14H25N3O/c1-10(8-15-9-14-6-5-7-18-14)17-13(4)11(2)12(3)16-17/h10,14-15H,5-9H2,1-4H3. The lowest BCUT2D eigenvalue weighted by atomic mass is 10.2. The maximum atomic E-state index is 5.60. The minimum absolute atomic E-state index is 0.388. The van der Waals surface area contributed by atoms with E-state index in [4.69, 9.17) is 4.74 Å². The van der Waals surface area contributed by atoms with E-state index in [9.17, 15) is 0 Å². The van der Waals surface area contributed by atoms with Crippen molar-refractivity contribution < 1.29 is 4.74 Å². The molecular formula is C14H25N3O. The molecule has 0 radical (unpaired) electrons. The van der Waals surface area contributed by atoms with Crippen LogP contribution in [0.15, 0.2) is 0 Å². The van der Waals surface area contributed by atoms with Gasteiger partial charge in [-0.2, -0.15) is 5.10 Å². The SMILES string of the molecule is Cc1nn(C(C)CNCC2CCCO2)c(C)c1C. The summed E-state index contributed by atoms with van der Waals surface area (Å²) in [6, 6.07) is 0.388. The summed E-state index contributed by atoms with van der Waals surface area (Å²) in [4.78, 5) is 0. The van der Waals surface area contributed by atoms with Gasteiger partial charge in [-0.25, -0.2) is 0 Å². The Balaban J connectivity index is 1.83. The third kappa shape index (κ3) is 2.93. The van der Waals surface area contributed by atoms with E-state index in [0.29, 0.717) is 12.1 Å². The zero-order chi connectivity index (χ0) is 13.1. The van der Waals surface area contributed by atoms with Crippen LogP contribution in [0.4, 0.5) is 0 Å². The molecule has 1 aromatic rings. The molecule has 4 nitrogen and oxygen atoms in total. The first-order valence-electron chi connectivity index (χ1n) is 6.94. The summed E-state index contributed by atoms with van der Waals surface area (Å²) in [6.07, 6.45) is 2.82. The van der Waals surface area contributed by atoms with E-state index in [0.717, 1.165) is 25.4 Å². The van der Waals surface area contributed by atoms with Crippen LogP contribution in [0.5, 0.6) is 0 Å². The van der Waals surface area contributed by atoms with Gasteiger partial charge in [-0.05, 0) is 46.1 Å². The van der Waals surface area contributed by atoms with Gasteiger partial charge in [0.05, 0.1) is 17.8 Å². The van der Waals surface area contributed by atoms with Crippen LogP contribution in [0.1, 0.15) is 42.8 Å². The molecule has 18 heavy (non-hydrogen) atoms. The maximum absolute atomic E-state index is 5.60. The number of ether oxygens (including phenoxy) is 1. The molecule has 4 heteroatoms. The Kier molecular flexibility index (Phi) is 4.40. The summed E-state index contributed by atoms with van der Waals surface area (Å²) in [5.74, 6) is 0. The normalized spacial score (nSPS) is 21.4. The van der Waals surface area contributed by atoms with Crippen molar-refractivity contribution in [2.75, 3.05) is 19.7 Å². The van der Waals surface area contributed by atoms with Gasteiger partial charge in [-0.1, -0.05) is 0 Å². The average molecular weight is 251 g/mol. The Bertz CT molecular complexity index is 394. The van der Waals surface area contributed by atoms with Gasteiger partial charge in [0.1, 0.15) is 0 Å². The van der Waals surface area contributed by atoms with E-state index in [-0.39, 0.29) is 0 Å². The van der Waals surface area contributed by atoms with Gasteiger partial charge in [0.25, 0.3) is 0 Å². The highest BCUT2D eigenvalue weighted by Crippen LogP contribution is 2.16. The molecule has 102 valence electrons. The Labute approximate surface area is 110 Å². The van der Waals surface area contributed by atoms with Gasteiger partial charge in [0, 0.05) is 25.4 Å². The Morgan fingerprint density at radius 3 is 2.78 bits per heavy atom. The van der Waals surface area contributed by atoms with Gasteiger partial charge >= 0.3 is 0 Å². The number of hydrogen-bond donors (Lipinski definition) is 1. The van der Waals surface area contributed by atoms with Crippen LogP contribution in [-0.2, 0) is 4.74 Å². The Hall–Kier alpha value is -0.870. The zero-order valence-corrected chi connectivity index (χ0v) is 12.0. The molecule has 0 aliphatic carbocycles. The van der Waals surface area contributed by atoms with Crippen LogP contribution < -0.4 is 5.32 Å². The van der Waals surface area contributed by atoms with Crippen LogP contribution in [-0.4, -0.2) is 35.6 Å². The lowest BCUT2D eigenvalue weighted by Gasteiger charge is -2.17. The van der Waals surface area contributed by atoms with E-state index in [1.54, 1.807) is 0 Å². The number of hydrogen-bond acceptors (Lipinski definition) is 3. The first kappa shape index (κ1) is 13.6. The van der Waals surface area contributed by atoms with Crippen molar-refractivity contribution in [2.45, 2.75) is 52.7 Å². The molecule has 2 heterocycles. The summed E-state index contributed by atoms with van der Waals surface area (Å²) < 4.78 is 7.73. The van der Waals surface area contributed by atoms with Crippen molar-refractivity contribution in [3.63, 3.8) is 0 Å². The summed E-state index contributed by atoms with van der Waals surface area (Å²) in [5.41, 5.74) is 3.72. The molecule has 2 atom stereocenters. The maximum Gasteiger partial charge on any atom is 0.0700 e. The van der Waals surface area contributed by atoms with Crippen LogP contribution in [0.3, 0.4) is 0 Å². The Morgan fingerprint density at radius 2 is 2.22 bits per heavy atom. The molecule has 2 rings (SSSR count). The van der Waals surface area contributed by atoms with Crippen molar-refractivity contribution in [1.82, 2.24) is 15.1 Å². The fraction of sp³-hybridized carbons (Fsp3) is 0.786. The molecule has 0 saturated carbocycles. The van der Waals surface area contributed by atoms with Crippen molar-refractivity contribution >= 4 is 0 Å². The van der Waals surface area contributed by atoms with E-state index in [1.165, 1.54) is 24.1 Å². The molecule has 0 bridgehead atoms. The van der Waals surface area contributed by atoms with Crippen LogP contribution in [0.25, 0.3) is 0 Å². The van der Waals surface area contributed by atoms with Crippen LogP contribution in [0, 0.1) is 20.8 Å². The lowest BCUT2D eigenvalue weighted by Crippen LogP contribution is -2.31. The highest BCUT2D eigenvalue weighted by molar-refractivity contribution is 5.22. The van der Waals surface area contributed by atoms with Gasteiger partial charge in [-0.15, -0.1) is 0 Å². The number of nitrogens with zero attached hydrogens (tertiary/aromatic N) is 2. The fourth-order valence-corrected chi connectivity index (χ4v) is 2.52. The summed E-state index contributed by atoms with van der Waals surface area (Å²) in [6.45, 7) is 11.4. The predicted octanol–water partition coefficient (Wildman–Crippen LogP) is 2.14. The van der Waals surface area contributed by atoms with Crippen molar-refractivity contribution in [2.24, 2.45) is 0 Å². The second kappa shape index (κ2) is 5.85. The number of aromatic nitrogens is 2. The summed E-state index contributed by atoms with van der Waals surface area (Å²) >= 11 is 0. The molecule has 1 fully saturated rings. The molecular weight excluding hydrogens is 226 g/mol. The molecule has 1 aliphatic rings. The first-order valence-corrected chi connectivity index (χ1v) is 6.94. The fourth-order valence-electron chi connectivity index (χ4n) is 2.52. The zero-order valence-electron chi connectivity index (χ0n) is 12.0. The number of rotatable bonds is 5. The van der Waals surface area contributed by atoms with E-state index in [1.807, 2.05) is 0 Å². The quantitative estimate of drug-likeness (QED) is 0.871. The molecule has 0 amide bonds. The van der Waals surface area contributed by atoms with Gasteiger partial charge in [0.2, 0.25) is 0 Å². The third-order valence-electron chi connectivity index (χ3n) is 3.94. The number of nitrogens with one attached hydrogen (secondary N) is 1. The highest BCUT2D eigenvalue weighted by atomic mass is 16.5. The third-order valence-corrected chi connectivity index (χ3v) is 3.94. The second-order valence-electron chi connectivity index (χ2n) is 5.38.